The lowest BCUT2D eigenvalue weighted by Crippen LogP contribution is -2.46. The molecule has 0 atom stereocenters. The van der Waals surface area contributed by atoms with Crippen LogP contribution in [-0.2, 0) is 34.2 Å². The number of nitrogen functional groups attached to an aromatic ring is 1. The molecule has 0 unspecified atom stereocenters. The minimum Gasteiger partial charge on any atom is -0.399 e. The highest BCUT2D eigenvalue weighted by Gasteiger charge is 2.28. The van der Waals surface area contributed by atoms with Gasteiger partial charge in [0.25, 0.3) is 0 Å². The van der Waals surface area contributed by atoms with E-state index < -0.39 is 15.6 Å². The number of nitrogens with two attached hydrogens (primary N) is 1. The molecule has 27 heavy (non-hydrogen) atoms. The molecule has 0 bridgehead atoms. The molecular weight excluding hydrogens is 368 g/mol. The zero-order valence-electron chi connectivity index (χ0n) is 16.1. The third-order valence-corrected chi connectivity index (χ3v) is 5.43. The van der Waals surface area contributed by atoms with Crippen LogP contribution in [0.15, 0.2) is 5.16 Å². The molecule has 2 heterocycles. The molecule has 0 aromatic carbocycles. The van der Waals surface area contributed by atoms with E-state index in [4.69, 9.17) is 10.6 Å². The molecule has 1 aliphatic rings. The van der Waals surface area contributed by atoms with Crippen molar-refractivity contribution >= 4 is 33.1 Å². The van der Waals surface area contributed by atoms with Crippen LogP contribution in [0.25, 0.3) is 11.0 Å². The first-order chi connectivity index (χ1) is 12.6. The molecule has 10 heteroatoms. The molecule has 0 saturated carbocycles. The lowest BCUT2D eigenvalue weighted by atomic mass is 9.94. The molecule has 0 amide bonds. The Kier molecular flexibility index (Phi) is 5.13. The number of hydrogen-bond donors (Lipinski definition) is 2. The summed E-state index contributed by atoms with van der Waals surface area (Å²) in [6.07, 6.45) is 6.59. The van der Waals surface area contributed by atoms with E-state index in [-0.39, 0.29) is 0 Å². The zero-order valence-corrected chi connectivity index (χ0v) is 16.9. The largest absolute Gasteiger partial charge is 0.399 e. The first kappa shape index (κ1) is 19.6. The molecule has 3 N–H and O–H groups in total. The number of fused-ring (bicyclic) bond motifs is 3. The second kappa shape index (κ2) is 7.08. The van der Waals surface area contributed by atoms with Gasteiger partial charge in [-0.05, 0) is 45.1 Å². The molecule has 2 aromatic heterocycles. The van der Waals surface area contributed by atoms with E-state index in [9.17, 15) is 8.42 Å². The van der Waals surface area contributed by atoms with Gasteiger partial charge in [0.05, 0.1) is 11.8 Å². The number of sulfonamides is 1. The van der Waals surface area contributed by atoms with Gasteiger partial charge in [-0.3, -0.25) is 0 Å². The molecule has 0 aliphatic heterocycles. The predicted molar refractivity (Wildman–Crippen MR) is 105 cm³/mol. The number of imidazole rings is 1. The van der Waals surface area contributed by atoms with Crippen LogP contribution in [0.3, 0.4) is 0 Å². The quantitative estimate of drug-likeness (QED) is 0.560. The van der Waals surface area contributed by atoms with E-state index in [1.807, 2.05) is 18.4 Å². The molecule has 148 valence electrons. The predicted octanol–water partition coefficient (Wildman–Crippen LogP) is 1.20. The van der Waals surface area contributed by atoms with Gasteiger partial charge in [-0.25, -0.2) is 23.1 Å². The van der Waals surface area contributed by atoms with E-state index in [0.29, 0.717) is 23.7 Å². The number of aryl methyl sites for hydroxylation is 2. The van der Waals surface area contributed by atoms with Gasteiger partial charge in [-0.1, -0.05) is 5.16 Å². The first-order valence-electron chi connectivity index (χ1n) is 8.84. The Morgan fingerprint density at radius 3 is 2.70 bits per heavy atom. The Morgan fingerprint density at radius 1 is 1.33 bits per heavy atom. The Hall–Kier alpha value is -2.20. The fraction of sp³-hybridized carbons (Fsp3) is 0.588. The number of rotatable bonds is 6. The van der Waals surface area contributed by atoms with Gasteiger partial charge in [-0.2, -0.15) is 0 Å². The summed E-state index contributed by atoms with van der Waals surface area (Å²) in [4.78, 5) is 14.0. The monoisotopic (exact) mass is 394 g/mol. The minimum atomic E-state index is -3.37. The highest BCUT2D eigenvalue weighted by molar-refractivity contribution is 7.88. The van der Waals surface area contributed by atoms with E-state index >= 15 is 0 Å². The summed E-state index contributed by atoms with van der Waals surface area (Å²) in [5, 5.41) is 3.84. The van der Waals surface area contributed by atoms with E-state index in [1.165, 1.54) is 13.3 Å². The number of hydrogen-bond acceptors (Lipinski definition) is 7. The Bertz CT molecular complexity index is 994. The summed E-state index contributed by atoms with van der Waals surface area (Å²) < 4.78 is 28.2. The average Bonchev–Trinajstić information content (AvgIpc) is 2.89. The maximum atomic E-state index is 11.8. The maximum absolute atomic E-state index is 11.8. The average molecular weight is 395 g/mol. The summed E-state index contributed by atoms with van der Waals surface area (Å²) in [5.41, 5.74) is 9.08. The third-order valence-electron chi connectivity index (χ3n) is 4.51. The molecule has 9 nitrogen and oxygen atoms in total. The van der Waals surface area contributed by atoms with Crippen LogP contribution in [0.5, 0.6) is 0 Å². The standard InChI is InChI=1S/C17H26N6O3S/c1-17(2,22-27(4,24)25)10-23-13(9-19-26-3)21-14-15(23)11-7-5-6-8-12(11)20-16(14)18/h9,22H,5-8,10H2,1-4H3,(H2,18,20)/b19-9+. The number of pyridine rings is 1. The zero-order chi connectivity index (χ0) is 19.8. The fourth-order valence-electron chi connectivity index (χ4n) is 3.71. The maximum Gasteiger partial charge on any atom is 0.209 e. The number of aromatic nitrogens is 3. The van der Waals surface area contributed by atoms with Crippen LogP contribution in [0, 0.1) is 0 Å². The molecule has 0 spiro atoms. The van der Waals surface area contributed by atoms with Crippen molar-refractivity contribution in [3.05, 3.63) is 17.1 Å². The minimum absolute atomic E-state index is 0.359. The van der Waals surface area contributed by atoms with Crippen LogP contribution in [0.2, 0.25) is 0 Å². The number of nitrogens with one attached hydrogen (secondary N) is 1. The van der Waals surface area contributed by atoms with E-state index in [2.05, 4.69) is 19.8 Å². The van der Waals surface area contributed by atoms with Crippen molar-refractivity contribution in [3.8, 4) is 0 Å². The second-order valence-corrected chi connectivity index (χ2v) is 9.31. The van der Waals surface area contributed by atoms with Crippen molar-refractivity contribution in [2.24, 2.45) is 5.16 Å². The summed E-state index contributed by atoms with van der Waals surface area (Å²) >= 11 is 0. The fourth-order valence-corrected chi connectivity index (χ4v) is 4.78. The van der Waals surface area contributed by atoms with Crippen molar-refractivity contribution < 1.29 is 13.3 Å². The molecule has 0 radical (unpaired) electrons. The van der Waals surface area contributed by atoms with Crippen LogP contribution in [0.1, 0.15) is 43.8 Å². The highest BCUT2D eigenvalue weighted by atomic mass is 32.2. The number of oxime groups is 1. The first-order valence-corrected chi connectivity index (χ1v) is 10.7. The Balaban J connectivity index is 2.21. The van der Waals surface area contributed by atoms with Crippen LogP contribution in [0.4, 0.5) is 5.82 Å². The lowest BCUT2D eigenvalue weighted by molar-refractivity contribution is 0.215. The van der Waals surface area contributed by atoms with Gasteiger partial charge in [0, 0.05) is 17.8 Å². The highest BCUT2D eigenvalue weighted by Crippen LogP contribution is 2.32. The van der Waals surface area contributed by atoms with Gasteiger partial charge in [0.1, 0.15) is 18.8 Å². The Labute approximate surface area is 159 Å². The van der Waals surface area contributed by atoms with Gasteiger partial charge < -0.3 is 15.1 Å². The molecule has 1 aliphatic carbocycles. The van der Waals surface area contributed by atoms with Crippen molar-refractivity contribution in [1.29, 1.82) is 0 Å². The van der Waals surface area contributed by atoms with Gasteiger partial charge in [0.15, 0.2) is 11.6 Å². The lowest BCUT2D eigenvalue weighted by Gasteiger charge is -2.27. The van der Waals surface area contributed by atoms with Crippen molar-refractivity contribution in [2.45, 2.75) is 51.6 Å². The third kappa shape index (κ3) is 4.22. The van der Waals surface area contributed by atoms with Gasteiger partial charge in [0.2, 0.25) is 10.0 Å². The normalized spacial score (nSPS) is 15.4. The van der Waals surface area contributed by atoms with Crippen molar-refractivity contribution in [3.63, 3.8) is 0 Å². The second-order valence-electron chi connectivity index (χ2n) is 7.56. The SMILES string of the molecule is CO/N=C/c1nc2c(N)nc3c(c2n1CC(C)(C)NS(C)(=O)=O)CCCC3. The van der Waals surface area contributed by atoms with Crippen LogP contribution >= 0.6 is 0 Å². The molecule has 0 fully saturated rings. The van der Waals surface area contributed by atoms with Gasteiger partial charge in [-0.15, -0.1) is 0 Å². The molecule has 3 rings (SSSR count). The van der Waals surface area contributed by atoms with E-state index in [1.54, 1.807) is 0 Å². The van der Waals surface area contributed by atoms with Crippen LogP contribution in [-0.4, -0.2) is 48.1 Å². The smallest absolute Gasteiger partial charge is 0.209 e. The topological polar surface area (TPSA) is 124 Å². The van der Waals surface area contributed by atoms with Gasteiger partial charge >= 0.3 is 0 Å². The van der Waals surface area contributed by atoms with E-state index in [0.717, 1.165) is 48.7 Å². The summed E-state index contributed by atoms with van der Waals surface area (Å²) in [5.74, 6) is 0.924. The summed E-state index contributed by atoms with van der Waals surface area (Å²) in [6.45, 7) is 4.01. The molecule has 2 aromatic rings. The Morgan fingerprint density at radius 2 is 2.04 bits per heavy atom. The number of anilines is 1. The van der Waals surface area contributed by atoms with Crippen molar-refractivity contribution in [2.75, 3.05) is 19.1 Å². The molecular formula is C17H26N6O3S. The summed E-state index contributed by atoms with van der Waals surface area (Å²) in [6, 6.07) is 0. The summed E-state index contributed by atoms with van der Waals surface area (Å²) in [7, 11) is -1.92. The number of nitrogens with zero attached hydrogens (tertiary/aromatic N) is 4. The van der Waals surface area contributed by atoms with Crippen molar-refractivity contribution in [1.82, 2.24) is 19.3 Å². The molecule has 0 saturated heterocycles. The van der Waals surface area contributed by atoms with Crippen LogP contribution < -0.4 is 10.5 Å².